The Morgan fingerprint density at radius 3 is 2.35 bits per heavy atom. The predicted octanol–water partition coefficient (Wildman–Crippen LogP) is 1.34. The lowest BCUT2D eigenvalue weighted by Gasteiger charge is -2.37. The normalized spacial score (nSPS) is 19.7. The number of ether oxygens (including phenoxy) is 1. The van der Waals surface area contributed by atoms with Gasteiger partial charge in [0.25, 0.3) is 5.91 Å². The second-order valence-corrected chi connectivity index (χ2v) is 9.62. The van der Waals surface area contributed by atoms with Crippen LogP contribution in [0.1, 0.15) is 30.9 Å². The summed E-state index contributed by atoms with van der Waals surface area (Å²) in [4.78, 5) is 64.6. The van der Waals surface area contributed by atoms with Crippen molar-refractivity contribution in [3.05, 3.63) is 78.5 Å². The number of phenolic OH excluding ortho intramolecular Hbond substituents is 1. The molecule has 2 aromatic carbocycles. The standard InChI is InChI=1S/C29H33N3O8/c1-3-32-16-24(40-18-21-7-5-4-6-8-21)15-29(32,28(39)31-22(17-33)14-26(36)37)27(38)25(30-19(2)34)13-20-9-11-23(35)12-10-20/h3-12,17,22,24-25,35H,1,13-16,18H2,2H3,(H,30,34)(H,31,39)(H,36,37)/t22?,24?,25-,29+/m0/s1. The summed E-state index contributed by atoms with van der Waals surface area (Å²) in [6.45, 7) is 5.33. The number of Topliss-reactive ketones (excluding diaryl/α,β-unsaturated/α-hetero) is 1. The number of carboxylic acid groups (broad SMARTS) is 1. The van der Waals surface area contributed by atoms with Gasteiger partial charge in [0.15, 0.2) is 11.3 Å². The fourth-order valence-electron chi connectivity index (χ4n) is 4.81. The number of nitrogens with zero attached hydrogens (tertiary/aromatic N) is 1. The van der Waals surface area contributed by atoms with Crippen LogP contribution in [0.2, 0.25) is 0 Å². The molecule has 0 spiro atoms. The maximum atomic E-state index is 14.3. The molecule has 1 heterocycles. The average molecular weight is 552 g/mol. The molecular weight excluding hydrogens is 518 g/mol. The number of hydrogen-bond acceptors (Lipinski definition) is 8. The van der Waals surface area contributed by atoms with E-state index in [4.69, 9.17) is 9.84 Å². The van der Waals surface area contributed by atoms with Gasteiger partial charge in [0, 0.05) is 19.9 Å². The van der Waals surface area contributed by atoms with Crippen LogP contribution in [0.4, 0.5) is 0 Å². The Balaban J connectivity index is 1.99. The molecule has 11 heteroatoms. The first-order valence-corrected chi connectivity index (χ1v) is 12.7. The van der Waals surface area contributed by atoms with Gasteiger partial charge in [-0.15, -0.1) is 0 Å². The topological polar surface area (TPSA) is 162 Å². The van der Waals surface area contributed by atoms with Gasteiger partial charge in [0.1, 0.15) is 12.0 Å². The van der Waals surface area contributed by atoms with Gasteiger partial charge in [-0.05, 0) is 35.9 Å². The van der Waals surface area contributed by atoms with Crippen molar-refractivity contribution in [3.8, 4) is 5.75 Å². The molecule has 1 saturated heterocycles. The van der Waals surface area contributed by atoms with Crippen LogP contribution in [-0.4, -0.2) is 75.2 Å². The summed E-state index contributed by atoms with van der Waals surface area (Å²) in [6, 6.07) is 12.8. The molecule has 1 fully saturated rings. The van der Waals surface area contributed by atoms with Crippen LogP contribution in [0.15, 0.2) is 67.4 Å². The number of phenols is 1. The number of likely N-dealkylation sites (tertiary alicyclic amines) is 1. The van der Waals surface area contributed by atoms with Gasteiger partial charge in [-0.3, -0.25) is 19.2 Å². The van der Waals surface area contributed by atoms with E-state index in [0.717, 1.165) is 5.56 Å². The fourth-order valence-corrected chi connectivity index (χ4v) is 4.81. The third-order valence-corrected chi connectivity index (χ3v) is 6.69. The molecule has 212 valence electrons. The summed E-state index contributed by atoms with van der Waals surface area (Å²) in [5.41, 5.74) is -0.476. The number of amides is 2. The zero-order valence-electron chi connectivity index (χ0n) is 22.1. The second kappa shape index (κ2) is 13.5. The minimum absolute atomic E-state index is 0.000477. The van der Waals surface area contributed by atoms with Crippen molar-refractivity contribution in [2.45, 2.75) is 56.5 Å². The maximum Gasteiger partial charge on any atom is 0.305 e. The highest BCUT2D eigenvalue weighted by Gasteiger charge is 2.58. The van der Waals surface area contributed by atoms with Crippen LogP contribution in [0.3, 0.4) is 0 Å². The molecule has 11 nitrogen and oxygen atoms in total. The monoisotopic (exact) mass is 551 g/mol. The Hall–Kier alpha value is -4.51. The van der Waals surface area contributed by atoms with Crippen LogP contribution in [-0.2, 0) is 41.7 Å². The summed E-state index contributed by atoms with van der Waals surface area (Å²) < 4.78 is 6.06. The Morgan fingerprint density at radius 2 is 1.77 bits per heavy atom. The first kappa shape index (κ1) is 30.0. The molecule has 1 aliphatic heterocycles. The fraction of sp³-hybridized carbons (Fsp3) is 0.345. The maximum absolute atomic E-state index is 14.3. The van der Waals surface area contributed by atoms with Crippen molar-refractivity contribution in [3.63, 3.8) is 0 Å². The highest BCUT2D eigenvalue weighted by Crippen LogP contribution is 2.35. The van der Waals surface area contributed by atoms with E-state index < -0.39 is 53.7 Å². The molecule has 2 amide bonds. The van der Waals surface area contributed by atoms with Gasteiger partial charge >= 0.3 is 5.97 Å². The van der Waals surface area contributed by atoms with E-state index in [1.54, 1.807) is 12.1 Å². The van der Waals surface area contributed by atoms with Gasteiger partial charge in [-0.2, -0.15) is 0 Å². The minimum Gasteiger partial charge on any atom is -0.508 e. The zero-order valence-corrected chi connectivity index (χ0v) is 22.1. The van der Waals surface area contributed by atoms with E-state index in [2.05, 4.69) is 17.2 Å². The van der Waals surface area contributed by atoms with Crippen LogP contribution in [0.25, 0.3) is 0 Å². The number of carbonyl (C=O) groups excluding carboxylic acids is 4. The van der Waals surface area contributed by atoms with E-state index in [1.165, 1.54) is 30.2 Å². The van der Waals surface area contributed by atoms with Crippen molar-refractivity contribution in [1.82, 2.24) is 15.5 Å². The third kappa shape index (κ3) is 7.32. The van der Waals surface area contributed by atoms with Crippen LogP contribution in [0.5, 0.6) is 5.75 Å². The second-order valence-electron chi connectivity index (χ2n) is 9.62. The molecule has 1 aliphatic rings. The summed E-state index contributed by atoms with van der Waals surface area (Å²) in [5.74, 6) is -3.38. The van der Waals surface area contributed by atoms with E-state index in [-0.39, 0.29) is 31.7 Å². The lowest BCUT2D eigenvalue weighted by molar-refractivity contribution is -0.145. The molecule has 0 saturated carbocycles. The molecule has 0 aromatic heterocycles. The summed E-state index contributed by atoms with van der Waals surface area (Å²) in [7, 11) is 0. The molecule has 0 bridgehead atoms. The van der Waals surface area contributed by atoms with Crippen molar-refractivity contribution in [2.75, 3.05) is 6.54 Å². The van der Waals surface area contributed by atoms with Gasteiger partial charge in [0.05, 0.1) is 31.2 Å². The van der Waals surface area contributed by atoms with E-state index >= 15 is 0 Å². The quantitative estimate of drug-likeness (QED) is 0.200. The Bertz CT molecular complexity index is 1230. The third-order valence-electron chi connectivity index (χ3n) is 6.69. The number of benzene rings is 2. The number of carboxylic acids is 1. The number of aldehydes is 1. The SMILES string of the molecule is C=CN1CC(OCc2ccccc2)C[C@]1(C(=O)NC(C=O)CC(=O)O)C(=O)[C@H](Cc1ccc(O)cc1)NC(C)=O. The summed E-state index contributed by atoms with van der Waals surface area (Å²) in [6.07, 6.45) is 0.185. The number of rotatable bonds is 14. The van der Waals surface area contributed by atoms with Gasteiger partial charge in [0.2, 0.25) is 5.91 Å². The zero-order chi connectivity index (χ0) is 29.3. The van der Waals surface area contributed by atoms with Crippen LogP contribution >= 0.6 is 0 Å². The lowest BCUT2D eigenvalue weighted by atomic mass is 9.82. The number of nitrogens with one attached hydrogen (secondary N) is 2. The Morgan fingerprint density at radius 1 is 1.10 bits per heavy atom. The molecule has 3 rings (SSSR count). The van der Waals surface area contributed by atoms with E-state index in [0.29, 0.717) is 11.8 Å². The van der Waals surface area contributed by atoms with Crippen molar-refractivity contribution >= 4 is 29.9 Å². The smallest absolute Gasteiger partial charge is 0.305 e. The molecule has 2 unspecified atom stereocenters. The van der Waals surface area contributed by atoms with Crippen LogP contribution < -0.4 is 10.6 Å². The summed E-state index contributed by atoms with van der Waals surface area (Å²) >= 11 is 0. The van der Waals surface area contributed by atoms with Crippen molar-refractivity contribution < 1.29 is 38.9 Å². The molecule has 4 N–H and O–H groups in total. The molecule has 4 atom stereocenters. The highest BCUT2D eigenvalue weighted by atomic mass is 16.5. The van der Waals surface area contributed by atoms with Gasteiger partial charge in [-0.25, -0.2) is 0 Å². The Labute approximate surface area is 231 Å². The number of aliphatic carboxylic acids is 1. The van der Waals surface area contributed by atoms with E-state index in [9.17, 15) is 29.1 Å². The lowest BCUT2D eigenvalue weighted by Crippen LogP contribution is -2.65. The van der Waals surface area contributed by atoms with E-state index in [1.807, 2.05) is 30.3 Å². The molecule has 40 heavy (non-hydrogen) atoms. The largest absolute Gasteiger partial charge is 0.508 e. The molecular formula is C29H33N3O8. The minimum atomic E-state index is -1.97. The number of aromatic hydroxyl groups is 1. The number of carbonyl (C=O) groups is 5. The first-order valence-electron chi connectivity index (χ1n) is 12.7. The Kier molecular flexibility index (Phi) is 10.2. The first-order chi connectivity index (χ1) is 19.1. The molecule has 0 radical (unpaired) electrons. The average Bonchev–Trinajstić information content (AvgIpc) is 3.32. The molecule has 0 aliphatic carbocycles. The highest BCUT2D eigenvalue weighted by molar-refractivity contribution is 6.14. The van der Waals surface area contributed by atoms with Gasteiger partial charge < -0.3 is 35.3 Å². The van der Waals surface area contributed by atoms with Crippen LogP contribution in [0, 0.1) is 0 Å². The molecule has 2 aromatic rings. The van der Waals surface area contributed by atoms with Crippen molar-refractivity contribution in [2.24, 2.45) is 0 Å². The number of hydrogen-bond donors (Lipinski definition) is 4. The van der Waals surface area contributed by atoms with Gasteiger partial charge in [-0.1, -0.05) is 49.0 Å². The number of ketones is 1. The van der Waals surface area contributed by atoms with Crippen molar-refractivity contribution in [1.29, 1.82) is 0 Å². The summed E-state index contributed by atoms with van der Waals surface area (Å²) in [5, 5.41) is 23.8. The predicted molar refractivity (Wildman–Crippen MR) is 144 cm³/mol.